The lowest BCUT2D eigenvalue weighted by atomic mass is 10.3. The molecule has 0 saturated heterocycles. The lowest BCUT2D eigenvalue weighted by Gasteiger charge is -2.03. The standard InChI is InChI=1S/C9H13NO2/c11-7-1-2-8-12-9-3-5-10-6-4-9/h3-6,11H,1-2,7-8H2. The molecule has 3 heteroatoms. The maximum Gasteiger partial charge on any atom is 0.122 e. The van der Waals surface area contributed by atoms with Gasteiger partial charge in [-0.3, -0.25) is 4.98 Å². The fourth-order valence-corrected chi connectivity index (χ4v) is 0.838. The zero-order chi connectivity index (χ0) is 8.65. The highest BCUT2D eigenvalue weighted by atomic mass is 16.5. The summed E-state index contributed by atoms with van der Waals surface area (Å²) in [5.41, 5.74) is 0. The van der Waals surface area contributed by atoms with Gasteiger partial charge in [-0.2, -0.15) is 0 Å². The van der Waals surface area contributed by atoms with Crippen LogP contribution in [0.2, 0.25) is 0 Å². The van der Waals surface area contributed by atoms with Crippen LogP contribution in [-0.4, -0.2) is 23.3 Å². The summed E-state index contributed by atoms with van der Waals surface area (Å²) in [5, 5.41) is 8.50. The van der Waals surface area contributed by atoms with Crippen molar-refractivity contribution in [2.45, 2.75) is 12.8 Å². The second-order valence-electron chi connectivity index (χ2n) is 2.46. The number of aromatic nitrogens is 1. The molecule has 0 radical (unpaired) electrons. The first kappa shape index (κ1) is 9.00. The van der Waals surface area contributed by atoms with Gasteiger partial charge in [0.1, 0.15) is 5.75 Å². The van der Waals surface area contributed by atoms with Gasteiger partial charge in [-0.15, -0.1) is 0 Å². The van der Waals surface area contributed by atoms with Crippen molar-refractivity contribution < 1.29 is 9.84 Å². The molecule has 1 N–H and O–H groups in total. The van der Waals surface area contributed by atoms with Crippen LogP contribution < -0.4 is 4.74 Å². The number of rotatable bonds is 5. The molecule has 0 spiro atoms. The molecule has 0 aromatic carbocycles. The van der Waals surface area contributed by atoms with Gasteiger partial charge in [0.2, 0.25) is 0 Å². The molecule has 0 aliphatic heterocycles. The van der Waals surface area contributed by atoms with Gasteiger partial charge in [-0.25, -0.2) is 0 Å². The van der Waals surface area contributed by atoms with Crippen LogP contribution in [0.3, 0.4) is 0 Å². The Kier molecular flexibility index (Phi) is 4.16. The van der Waals surface area contributed by atoms with Crippen molar-refractivity contribution in [2.75, 3.05) is 13.2 Å². The fourth-order valence-electron chi connectivity index (χ4n) is 0.838. The summed E-state index contributed by atoms with van der Waals surface area (Å²) in [4.78, 5) is 3.87. The lowest BCUT2D eigenvalue weighted by molar-refractivity contribution is 0.253. The van der Waals surface area contributed by atoms with Crippen molar-refractivity contribution in [3.05, 3.63) is 24.5 Å². The van der Waals surface area contributed by atoms with Crippen LogP contribution in [-0.2, 0) is 0 Å². The zero-order valence-corrected chi connectivity index (χ0v) is 6.94. The Balaban J connectivity index is 2.16. The van der Waals surface area contributed by atoms with E-state index < -0.39 is 0 Å². The normalized spacial score (nSPS) is 9.75. The highest BCUT2D eigenvalue weighted by molar-refractivity contribution is 5.16. The summed E-state index contributed by atoms with van der Waals surface area (Å²) in [6, 6.07) is 3.64. The molecule has 1 aromatic heterocycles. The van der Waals surface area contributed by atoms with E-state index >= 15 is 0 Å². The summed E-state index contributed by atoms with van der Waals surface area (Å²) in [5.74, 6) is 0.836. The Bertz CT molecular complexity index is 201. The first-order valence-corrected chi connectivity index (χ1v) is 4.07. The Morgan fingerprint density at radius 2 is 2.00 bits per heavy atom. The van der Waals surface area contributed by atoms with Gasteiger partial charge in [0.05, 0.1) is 6.61 Å². The van der Waals surface area contributed by atoms with E-state index in [4.69, 9.17) is 9.84 Å². The molecule has 1 heterocycles. The average Bonchev–Trinajstić information content (AvgIpc) is 2.14. The smallest absolute Gasteiger partial charge is 0.122 e. The largest absolute Gasteiger partial charge is 0.493 e. The molecule has 0 atom stereocenters. The minimum Gasteiger partial charge on any atom is -0.493 e. The minimum atomic E-state index is 0.236. The molecule has 1 aromatic rings. The molecule has 12 heavy (non-hydrogen) atoms. The van der Waals surface area contributed by atoms with Crippen LogP contribution in [0.1, 0.15) is 12.8 Å². The summed E-state index contributed by atoms with van der Waals surface area (Å²) in [6.45, 7) is 0.893. The van der Waals surface area contributed by atoms with Crippen molar-refractivity contribution >= 4 is 0 Å². The third-order valence-corrected chi connectivity index (χ3v) is 1.47. The molecule has 0 saturated carbocycles. The van der Waals surface area contributed by atoms with Crippen LogP contribution in [0.15, 0.2) is 24.5 Å². The predicted octanol–water partition coefficient (Wildman–Crippen LogP) is 1.23. The van der Waals surface area contributed by atoms with E-state index in [-0.39, 0.29) is 6.61 Å². The van der Waals surface area contributed by atoms with Crippen molar-refractivity contribution in [3.8, 4) is 5.75 Å². The highest BCUT2D eigenvalue weighted by Crippen LogP contribution is 2.06. The van der Waals surface area contributed by atoms with Crippen LogP contribution in [0.25, 0.3) is 0 Å². The third-order valence-electron chi connectivity index (χ3n) is 1.47. The molecule has 1 rings (SSSR count). The first-order chi connectivity index (χ1) is 5.93. The SMILES string of the molecule is OCCCCOc1ccncc1. The van der Waals surface area contributed by atoms with E-state index in [2.05, 4.69) is 4.98 Å². The maximum absolute atomic E-state index is 8.50. The number of pyridine rings is 1. The molecule has 0 amide bonds. The van der Waals surface area contributed by atoms with E-state index in [0.717, 1.165) is 18.6 Å². The lowest BCUT2D eigenvalue weighted by Crippen LogP contribution is -1.98. The fraction of sp³-hybridized carbons (Fsp3) is 0.444. The second kappa shape index (κ2) is 5.55. The number of nitrogens with zero attached hydrogens (tertiary/aromatic N) is 1. The van der Waals surface area contributed by atoms with Gasteiger partial charge in [0.25, 0.3) is 0 Å². The zero-order valence-electron chi connectivity index (χ0n) is 6.94. The summed E-state index contributed by atoms with van der Waals surface area (Å²) >= 11 is 0. The van der Waals surface area contributed by atoms with Crippen molar-refractivity contribution in [2.24, 2.45) is 0 Å². The minimum absolute atomic E-state index is 0.236. The second-order valence-corrected chi connectivity index (χ2v) is 2.46. The molecular formula is C9H13NO2. The molecule has 66 valence electrons. The Morgan fingerprint density at radius 1 is 1.25 bits per heavy atom. The first-order valence-electron chi connectivity index (χ1n) is 4.07. The van der Waals surface area contributed by atoms with Gasteiger partial charge in [0.15, 0.2) is 0 Å². The quantitative estimate of drug-likeness (QED) is 0.671. The highest BCUT2D eigenvalue weighted by Gasteiger charge is 1.90. The Labute approximate surface area is 72.0 Å². The maximum atomic E-state index is 8.50. The predicted molar refractivity (Wildman–Crippen MR) is 46.1 cm³/mol. The van der Waals surface area contributed by atoms with E-state index in [9.17, 15) is 0 Å². The van der Waals surface area contributed by atoms with Gasteiger partial charge in [-0.1, -0.05) is 0 Å². The van der Waals surface area contributed by atoms with E-state index in [1.54, 1.807) is 12.4 Å². The van der Waals surface area contributed by atoms with E-state index in [1.165, 1.54) is 0 Å². The number of aliphatic hydroxyl groups excluding tert-OH is 1. The number of hydrogen-bond donors (Lipinski definition) is 1. The molecule has 3 nitrogen and oxygen atoms in total. The summed E-state index contributed by atoms with van der Waals surface area (Å²) in [7, 11) is 0. The average molecular weight is 167 g/mol. The Hall–Kier alpha value is -1.09. The number of hydrogen-bond acceptors (Lipinski definition) is 3. The number of aliphatic hydroxyl groups is 1. The molecule has 0 fully saturated rings. The Morgan fingerprint density at radius 3 is 2.67 bits per heavy atom. The summed E-state index contributed by atoms with van der Waals surface area (Å²) < 4.78 is 5.36. The summed E-state index contributed by atoms with van der Waals surface area (Å²) in [6.07, 6.45) is 5.08. The van der Waals surface area contributed by atoms with Crippen molar-refractivity contribution in [1.29, 1.82) is 0 Å². The van der Waals surface area contributed by atoms with E-state index in [0.29, 0.717) is 6.61 Å². The van der Waals surface area contributed by atoms with Gasteiger partial charge in [0, 0.05) is 19.0 Å². The van der Waals surface area contributed by atoms with Crippen LogP contribution >= 0.6 is 0 Å². The topological polar surface area (TPSA) is 42.4 Å². The van der Waals surface area contributed by atoms with Gasteiger partial charge < -0.3 is 9.84 Å². The monoisotopic (exact) mass is 167 g/mol. The van der Waals surface area contributed by atoms with Crippen LogP contribution in [0, 0.1) is 0 Å². The molecule has 0 aliphatic rings. The van der Waals surface area contributed by atoms with Gasteiger partial charge in [-0.05, 0) is 25.0 Å². The van der Waals surface area contributed by atoms with Crippen molar-refractivity contribution in [1.82, 2.24) is 4.98 Å². The van der Waals surface area contributed by atoms with E-state index in [1.807, 2.05) is 12.1 Å². The molecule has 0 aliphatic carbocycles. The van der Waals surface area contributed by atoms with Crippen LogP contribution in [0.4, 0.5) is 0 Å². The molecule has 0 bridgehead atoms. The van der Waals surface area contributed by atoms with Gasteiger partial charge >= 0.3 is 0 Å². The number of unbranched alkanes of at least 4 members (excludes halogenated alkanes) is 1. The van der Waals surface area contributed by atoms with Crippen LogP contribution in [0.5, 0.6) is 5.75 Å². The van der Waals surface area contributed by atoms with Crippen molar-refractivity contribution in [3.63, 3.8) is 0 Å². The molecule has 0 unspecified atom stereocenters. The number of ether oxygens (including phenoxy) is 1. The molecular weight excluding hydrogens is 154 g/mol. The third kappa shape index (κ3) is 3.34.